The maximum Gasteiger partial charge on any atom is 0.214 e. The van der Waals surface area contributed by atoms with Crippen LogP contribution in [0.5, 0.6) is 0 Å². The summed E-state index contributed by atoms with van der Waals surface area (Å²) >= 11 is 0. The molecule has 2 fully saturated rings. The second kappa shape index (κ2) is 4.42. The third-order valence-electron chi connectivity index (χ3n) is 3.91. The fourth-order valence-corrected chi connectivity index (χ4v) is 4.52. The van der Waals surface area contributed by atoms with Crippen molar-refractivity contribution in [2.45, 2.75) is 51.5 Å². The zero-order chi connectivity index (χ0) is 10.9. The molecule has 2 rings (SSSR count). The molecular formula is C11H21NO2S. The van der Waals surface area contributed by atoms with E-state index in [1.807, 2.05) is 0 Å². The zero-order valence-electron chi connectivity index (χ0n) is 9.48. The van der Waals surface area contributed by atoms with Gasteiger partial charge in [0.05, 0.1) is 5.75 Å². The van der Waals surface area contributed by atoms with Gasteiger partial charge in [-0.3, -0.25) is 0 Å². The van der Waals surface area contributed by atoms with Crippen LogP contribution in [0.1, 0.15) is 45.4 Å². The molecule has 1 heterocycles. The lowest BCUT2D eigenvalue weighted by Gasteiger charge is -2.43. The minimum absolute atomic E-state index is 0.260. The fraction of sp³-hybridized carbons (Fsp3) is 1.00. The summed E-state index contributed by atoms with van der Waals surface area (Å²) in [5.74, 6) is 0.907. The average molecular weight is 231 g/mol. The Morgan fingerprint density at radius 2 is 1.80 bits per heavy atom. The van der Waals surface area contributed by atoms with Crippen LogP contribution in [0.3, 0.4) is 0 Å². The van der Waals surface area contributed by atoms with Gasteiger partial charge in [-0.2, -0.15) is 4.31 Å². The summed E-state index contributed by atoms with van der Waals surface area (Å²) in [6.45, 7) is 2.51. The molecule has 0 spiro atoms. The second-order valence-electron chi connectivity index (χ2n) is 4.77. The largest absolute Gasteiger partial charge is 0.214 e. The van der Waals surface area contributed by atoms with E-state index < -0.39 is 10.0 Å². The van der Waals surface area contributed by atoms with Crippen LogP contribution in [0, 0.1) is 5.92 Å². The number of hydrogen-bond acceptors (Lipinski definition) is 2. The molecule has 4 heteroatoms. The first-order valence-corrected chi connectivity index (χ1v) is 7.75. The quantitative estimate of drug-likeness (QED) is 0.729. The number of rotatable bonds is 2. The average Bonchev–Trinajstić information content (AvgIpc) is 2.28. The molecule has 1 aliphatic carbocycles. The first-order valence-electron chi connectivity index (χ1n) is 6.14. The highest BCUT2D eigenvalue weighted by Gasteiger charge is 2.38. The number of hydrogen-bond donors (Lipinski definition) is 0. The van der Waals surface area contributed by atoms with Crippen molar-refractivity contribution in [1.82, 2.24) is 4.31 Å². The first-order chi connectivity index (χ1) is 7.15. The maximum atomic E-state index is 11.9. The topological polar surface area (TPSA) is 37.4 Å². The van der Waals surface area contributed by atoms with Crippen LogP contribution in [0.15, 0.2) is 0 Å². The van der Waals surface area contributed by atoms with Gasteiger partial charge in [0.25, 0.3) is 0 Å². The number of fused-ring (bicyclic) bond motifs is 1. The molecular weight excluding hydrogens is 210 g/mol. The van der Waals surface area contributed by atoms with Gasteiger partial charge in [-0.15, -0.1) is 0 Å². The molecule has 2 aliphatic rings. The van der Waals surface area contributed by atoms with Crippen LogP contribution in [0.4, 0.5) is 0 Å². The molecule has 0 N–H and O–H groups in total. The third-order valence-corrected chi connectivity index (χ3v) is 5.81. The molecule has 2 unspecified atom stereocenters. The van der Waals surface area contributed by atoms with E-state index in [9.17, 15) is 8.42 Å². The van der Waals surface area contributed by atoms with Crippen molar-refractivity contribution in [1.29, 1.82) is 0 Å². The minimum Gasteiger partial charge on any atom is -0.212 e. The van der Waals surface area contributed by atoms with Gasteiger partial charge in [-0.25, -0.2) is 8.42 Å². The van der Waals surface area contributed by atoms with E-state index in [0.29, 0.717) is 12.0 Å². The highest BCUT2D eigenvalue weighted by molar-refractivity contribution is 7.89. The summed E-state index contributed by atoms with van der Waals surface area (Å²) in [6, 6.07) is 0.331. The molecule has 1 saturated carbocycles. The highest BCUT2D eigenvalue weighted by atomic mass is 32.2. The van der Waals surface area contributed by atoms with Gasteiger partial charge in [-0.1, -0.05) is 12.8 Å². The first kappa shape index (κ1) is 11.4. The van der Waals surface area contributed by atoms with Crippen molar-refractivity contribution in [3.63, 3.8) is 0 Å². The number of nitrogens with zero attached hydrogens (tertiary/aromatic N) is 1. The molecule has 0 aromatic carbocycles. The fourth-order valence-electron chi connectivity index (χ4n) is 3.09. The molecule has 0 aromatic heterocycles. The number of piperidine rings is 1. The molecule has 1 saturated heterocycles. The van der Waals surface area contributed by atoms with Crippen LogP contribution >= 0.6 is 0 Å². The molecule has 1 aliphatic heterocycles. The predicted octanol–water partition coefficient (Wildman–Crippen LogP) is 1.99. The smallest absolute Gasteiger partial charge is 0.212 e. The lowest BCUT2D eigenvalue weighted by Crippen LogP contribution is -2.50. The van der Waals surface area contributed by atoms with Crippen LogP contribution in [-0.4, -0.2) is 31.1 Å². The van der Waals surface area contributed by atoms with Gasteiger partial charge in [-0.05, 0) is 38.5 Å². The Labute approximate surface area is 92.9 Å². The second-order valence-corrected chi connectivity index (χ2v) is 6.98. The Kier molecular flexibility index (Phi) is 3.36. The van der Waals surface area contributed by atoms with Gasteiger partial charge < -0.3 is 0 Å². The Hall–Kier alpha value is -0.0900. The molecule has 3 nitrogen and oxygen atoms in total. The van der Waals surface area contributed by atoms with E-state index in [2.05, 4.69) is 0 Å². The van der Waals surface area contributed by atoms with Gasteiger partial charge in [0.1, 0.15) is 0 Å². The van der Waals surface area contributed by atoms with Gasteiger partial charge >= 0.3 is 0 Å². The van der Waals surface area contributed by atoms with Gasteiger partial charge in [0.15, 0.2) is 0 Å². The van der Waals surface area contributed by atoms with Crippen LogP contribution in [-0.2, 0) is 10.0 Å². The molecule has 0 bridgehead atoms. The van der Waals surface area contributed by atoms with E-state index in [-0.39, 0.29) is 5.75 Å². The van der Waals surface area contributed by atoms with Gasteiger partial charge in [0.2, 0.25) is 10.0 Å². The normalized spacial score (nSPS) is 33.7. The molecule has 0 aromatic rings. The van der Waals surface area contributed by atoms with E-state index in [4.69, 9.17) is 0 Å². The van der Waals surface area contributed by atoms with Crippen LogP contribution in [0.25, 0.3) is 0 Å². The predicted molar refractivity (Wildman–Crippen MR) is 61.1 cm³/mol. The van der Waals surface area contributed by atoms with Crippen LogP contribution in [0.2, 0.25) is 0 Å². The van der Waals surface area contributed by atoms with Crippen molar-refractivity contribution in [3.8, 4) is 0 Å². The zero-order valence-corrected chi connectivity index (χ0v) is 10.3. The third kappa shape index (κ3) is 2.21. The Bertz CT molecular complexity index is 311. The lowest BCUT2D eigenvalue weighted by molar-refractivity contribution is 0.129. The number of sulfonamides is 1. The summed E-state index contributed by atoms with van der Waals surface area (Å²) in [5, 5.41) is 0. The summed E-state index contributed by atoms with van der Waals surface area (Å²) in [5.41, 5.74) is 0. The van der Waals surface area contributed by atoms with Gasteiger partial charge in [0, 0.05) is 12.6 Å². The van der Waals surface area contributed by atoms with Crippen molar-refractivity contribution in [2.24, 2.45) is 5.92 Å². The summed E-state index contributed by atoms with van der Waals surface area (Å²) in [4.78, 5) is 0. The molecule has 15 heavy (non-hydrogen) atoms. The van der Waals surface area contributed by atoms with Crippen molar-refractivity contribution < 1.29 is 8.42 Å². The summed E-state index contributed by atoms with van der Waals surface area (Å²) in [7, 11) is -2.96. The summed E-state index contributed by atoms with van der Waals surface area (Å²) < 4.78 is 25.7. The Morgan fingerprint density at radius 1 is 1.13 bits per heavy atom. The Morgan fingerprint density at radius 3 is 2.53 bits per heavy atom. The van der Waals surface area contributed by atoms with E-state index in [1.54, 1.807) is 11.2 Å². The van der Waals surface area contributed by atoms with Crippen LogP contribution < -0.4 is 0 Å². The highest BCUT2D eigenvalue weighted by Crippen LogP contribution is 2.36. The SMILES string of the molecule is CCS(=O)(=O)N1CCCC2CCCCC21. The van der Waals surface area contributed by atoms with Crippen molar-refractivity contribution >= 4 is 10.0 Å². The molecule has 0 radical (unpaired) electrons. The molecule has 88 valence electrons. The lowest BCUT2D eigenvalue weighted by atomic mass is 9.79. The minimum atomic E-state index is -2.96. The summed E-state index contributed by atoms with van der Waals surface area (Å²) in [6.07, 6.45) is 7.11. The molecule has 0 amide bonds. The monoisotopic (exact) mass is 231 g/mol. The van der Waals surface area contributed by atoms with Crippen molar-refractivity contribution in [2.75, 3.05) is 12.3 Å². The van der Waals surface area contributed by atoms with E-state index in [0.717, 1.165) is 19.4 Å². The van der Waals surface area contributed by atoms with E-state index in [1.165, 1.54) is 25.7 Å². The van der Waals surface area contributed by atoms with E-state index >= 15 is 0 Å². The Balaban J connectivity index is 2.17. The molecule has 2 atom stereocenters. The van der Waals surface area contributed by atoms with Crippen molar-refractivity contribution in [3.05, 3.63) is 0 Å². The standard InChI is InChI=1S/C11H21NO2S/c1-2-15(13,14)12-9-5-7-10-6-3-4-8-11(10)12/h10-11H,2-9H2,1H3. The maximum absolute atomic E-state index is 11.9.